The van der Waals surface area contributed by atoms with Gasteiger partial charge in [-0.1, -0.05) is 12.2 Å². The maximum Gasteiger partial charge on any atom is 0.160 e. The Kier molecular flexibility index (Phi) is 3.07. The molecule has 4 atom stereocenters. The van der Waals surface area contributed by atoms with E-state index in [1.165, 1.54) is 6.33 Å². The fraction of sp³-hybridized carbons (Fsp3) is 0.500. The molecule has 1 aliphatic heterocycles. The van der Waals surface area contributed by atoms with Crippen LogP contribution in [0.3, 0.4) is 0 Å². The third-order valence-electron chi connectivity index (χ3n) is 3.13. The number of hydrogen-bond donors (Lipinski definition) is 5. The summed E-state index contributed by atoms with van der Waals surface area (Å²) in [6, 6.07) is 0. The lowest BCUT2D eigenvalue weighted by Gasteiger charge is -2.13. The zero-order valence-electron chi connectivity index (χ0n) is 9.65. The summed E-state index contributed by atoms with van der Waals surface area (Å²) in [5, 5.41) is 28.7. The van der Waals surface area contributed by atoms with Crippen molar-refractivity contribution in [2.45, 2.75) is 24.4 Å². The number of hydrogen-bond acceptors (Lipinski definition) is 7. The molecule has 3 heterocycles. The first-order valence-corrected chi connectivity index (χ1v) is 6.08. The van der Waals surface area contributed by atoms with Gasteiger partial charge in [-0.2, -0.15) is 0 Å². The molecule has 102 valence electrons. The maximum atomic E-state index is 9.92. The van der Waals surface area contributed by atoms with Gasteiger partial charge in [0, 0.05) is 0 Å². The van der Waals surface area contributed by atoms with Crippen LogP contribution in [-0.4, -0.2) is 60.2 Å². The minimum atomic E-state index is -1.19. The fourth-order valence-electron chi connectivity index (χ4n) is 2.13. The van der Waals surface area contributed by atoms with Gasteiger partial charge in [0.1, 0.15) is 35.8 Å². The average molecular weight is 284 g/mol. The summed E-state index contributed by atoms with van der Waals surface area (Å²) >= 11 is 5.10. The zero-order chi connectivity index (χ0) is 13.6. The molecule has 8 nitrogen and oxygen atoms in total. The van der Waals surface area contributed by atoms with Crippen LogP contribution in [0.4, 0.5) is 0 Å². The molecule has 0 spiro atoms. The second-order valence-corrected chi connectivity index (χ2v) is 4.70. The van der Waals surface area contributed by atoms with Crippen LogP contribution < -0.4 is 0 Å². The second kappa shape index (κ2) is 4.62. The van der Waals surface area contributed by atoms with Gasteiger partial charge in [0.05, 0.1) is 12.9 Å². The van der Waals surface area contributed by atoms with E-state index in [2.05, 4.69) is 19.9 Å². The van der Waals surface area contributed by atoms with Crippen LogP contribution in [0, 0.1) is 4.64 Å². The molecule has 2 aromatic heterocycles. The Morgan fingerprint density at radius 2 is 2.16 bits per heavy atom. The highest BCUT2D eigenvalue weighted by Gasteiger charge is 2.44. The number of nitrogens with zero attached hydrogens (tertiary/aromatic N) is 2. The van der Waals surface area contributed by atoms with Crippen LogP contribution in [0.2, 0.25) is 0 Å². The molecule has 0 saturated carbocycles. The number of nitrogens with one attached hydrogen (secondary N) is 2. The summed E-state index contributed by atoms with van der Waals surface area (Å²) in [7, 11) is 0. The van der Waals surface area contributed by atoms with E-state index in [1.54, 1.807) is 0 Å². The molecule has 2 aromatic rings. The molecule has 1 unspecified atom stereocenters. The molecule has 0 bridgehead atoms. The Hall–Kier alpha value is -1.39. The lowest BCUT2D eigenvalue weighted by atomic mass is 10.1. The Morgan fingerprint density at radius 3 is 2.84 bits per heavy atom. The molecule has 1 saturated heterocycles. The summed E-state index contributed by atoms with van der Waals surface area (Å²) in [6.45, 7) is -0.389. The molecule has 0 aromatic carbocycles. The first kappa shape index (κ1) is 12.6. The Balaban J connectivity index is 2.03. The van der Waals surface area contributed by atoms with Crippen LogP contribution in [0.1, 0.15) is 11.9 Å². The first-order valence-electron chi connectivity index (χ1n) is 5.67. The summed E-state index contributed by atoms with van der Waals surface area (Å²) in [6.07, 6.45) is -2.62. The molecule has 0 amide bonds. The van der Waals surface area contributed by atoms with E-state index in [1.807, 2.05) is 0 Å². The largest absolute Gasteiger partial charge is 0.394 e. The number of aromatic nitrogens is 4. The van der Waals surface area contributed by atoms with E-state index in [0.29, 0.717) is 15.8 Å². The van der Waals surface area contributed by atoms with E-state index in [0.717, 1.165) is 0 Å². The van der Waals surface area contributed by atoms with Crippen molar-refractivity contribution >= 4 is 23.4 Å². The molecule has 0 aliphatic carbocycles. The van der Waals surface area contributed by atoms with Gasteiger partial charge in [-0.05, 0) is 0 Å². The predicted octanol–water partition coefficient (Wildman–Crippen LogP) is -0.831. The molecule has 0 radical (unpaired) electrons. The van der Waals surface area contributed by atoms with Gasteiger partial charge in [0.15, 0.2) is 10.3 Å². The number of H-pyrrole nitrogens is 2. The normalized spacial score (nSPS) is 31.1. The van der Waals surface area contributed by atoms with Crippen molar-refractivity contribution in [2.75, 3.05) is 6.61 Å². The van der Waals surface area contributed by atoms with Gasteiger partial charge < -0.3 is 30.0 Å². The van der Waals surface area contributed by atoms with Crippen molar-refractivity contribution in [1.82, 2.24) is 19.9 Å². The molecular weight excluding hydrogens is 272 g/mol. The van der Waals surface area contributed by atoms with Crippen LogP contribution in [0.5, 0.6) is 0 Å². The highest BCUT2D eigenvalue weighted by atomic mass is 32.1. The SMILES string of the molecule is OC[C@H]1OC(c2nc(=S)c3[nH]cnc3[nH]2)[C@H](O)[C@H]1O. The summed E-state index contributed by atoms with van der Waals surface area (Å²) in [5.41, 5.74) is 1.08. The minimum Gasteiger partial charge on any atom is -0.394 e. The molecule has 9 heteroatoms. The van der Waals surface area contributed by atoms with Crippen molar-refractivity contribution in [1.29, 1.82) is 0 Å². The lowest BCUT2D eigenvalue weighted by Crippen LogP contribution is -2.32. The average Bonchev–Trinajstić information content (AvgIpc) is 2.96. The van der Waals surface area contributed by atoms with E-state index < -0.39 is 24.4 Å². The third kappa shape index (κ3) is 1.95. The van der Waals surface area contributed by atoms with Crippen LogP contribution in [0.25, 0.3) is 11.2 Å². The van der Waals surface area contributed by atoms with Crippen molar-refractivity contribution < 1.29 is 20.1 Å². The maximum absolute atomic E-state index is 9.92. The van der Waals surface area contributed by atoms with Gasteiger partial charge in [-0.3, -0.25) is 0 Å². The van der Waals surface area contributed by atoms with Gasteiger partial charge in [0.25, 0.3) is 0 Å². The molecule has 5 N–H and O–H groups in total. The van der Waals surface area contributed by atoms with Gasteiger partial charge >= 0.3 is 0 Å². The van der Waals surface area contributed by atoms with Crippen LogP contribution >= 0.6 is 12.2 Å². The van der Waals surface area contributed by atoms with Gasteiger partial charge in [0.2, 0.25) is 0 Å². The quantitative estimate of drug-likeness (QED) is 0.455. The Bertz CT molecular complexity index is 656. The number of ether oxygens (including phenoxy) is 1. The van der Waals surface area contributed by atoms with E-state index in [-0.39, 0.29) is 12.4 Å². The molecule has 1 fully saturated rings. The first-order chi connectivity index (χ1) is 9.11. The van der Waals surface area contributed by atoms with Gasteiger partial charge in [-0.15, -0.1) is 0 Å². The fourth-order valence-corrected chi connectivity index (χ4v) is 2.38. The molecule has 3 rings (SSSR count). The monoisotopic (exact) mass is 284 g/mol. The third-order valence-corrected chi connectivity index (χ3v) is 3.43. The summed E-state index contributed by atoms with van der Waals surface area (Å²) in [4.78, 5) is 13.9. The number of aromatic amines is 2. The second-order valence-electron chi connectivity index (χ2n) is 4.31. The topological polar surface area (TPSA) is 127 Å². The van der Waals surface area contributed by atoms with Crippen molar-refractivity contribution in [2.24, 2.45) is 0 Å². The van der Waals surface area contributed by atoms with Crippen molar-refractivity contribution in [3.05, 3.63) is 16.8 Å². The molecular formula is C10H12N4O4S. The summed E-state index contributed by atoms with van der Waals surface area (Å²) in [5.74, 6) is 0.270. The van der Waals surface area contributed by atoms with Gasteiger partial charge in [-0.25, -0.2) is 9.97 Å². The van der Waals surface area contributed by atoms with E-state index in [4.69, 9.17) is 22.1 Å². The Labute approximate surface area is 112 Å². The predicted molar refractivity (Wildman–Crippen MR) is 65.8 cm³/mol. The molecule has 19 heavy (non-hydrogen) atoms. The van der Waals surface area contributed by atoms with Crippen molar-refractivity contribution in [3.8, 4) is 0 Å². The van der Waals surface area contributed by atoms with E-state index >= 15 is 0 Å². The standard InChI is InChI=1S/C10H12N4O4S/c15-1-3-5(16)6(17)7(18-3)9-13-8-4(10(19)14-9)11-2-12-8/h2-3,5-7,15-17H,1H2,(H2,11,12,13,14,19)/t3-,5+,6-,7?/m1/s1. The lowest BCUT2D eigenvalue weighted by molar-refractivity contribution is -0.0252. The zero-order valence-corrected chi connectivity index (χ0v) is 10.5. The highest BCUT2D eigenvalue weighted by molar-refractivity contribution is 7.71. The molecule has 1 aliphatic rings. The number of imidazole rings is 1. The highest BCUT2D eigenvalue weighted by Crippen LogP contribution is 2.31. The number of rotatable bonds is 2. The number of aliphatic hydroxyl groups excluding tert-OH is 3. The minimum absolute atomic E-state index is 0.270. The number of aliphatic hydroxyl groups is 3. The van der Waals surface area contributed by atoms with Crippen molar-refractivity contribution in [3.63, 3.8) is 0 Å². The number of fused-ring (bicyclic) bond motifs is 1. The Morgan fingerprint density at radius 1 is 1.37 bits per heavy atom. The van der Waals surface area contributed by atoms with Crippen LogP contribution in [-0.2, 0) is 4.74 Å². The van der Waals surface area contributed by atoms with Crippen LogP contribution in [0.15, 0.2) is 6.33 Å². The van der Waals surface area contributed by atoms with E-state index in [9.17, 15) is 10.2 Å². The summed E-state index contributed by atoms with van der Waals surface area (Å²) < 4.78 is 5.66. The smallest absolute Gasteiger partial charge is 0.160 e.